The van der Waals surface area contributed by atoms with Gasteiger partial charge in [-0.3, -0.25) is 13.7 Å². The fourth-order valence-electron chi connectivity index (χ4n) is 13.9. The van der Waals surface area contributed by atoms with E-state index in [1.807, 2.05) is 66.9 Å². The molecule has 420 valence electrons. The molecule has 7 heteroatoms. The highest BCUT2D eigenvalue weighted by atomic mass is 16.5. The third-order valence-corrected chi connectivity index (χ3v) is 17.9. The van der Waals surface area contributed by atoms with E-state index in [0.29, 0.717) is 17.1 Å². The molecule has 6 heterocycles. The van der Waals surface area contributed by atoms with Gasteiger partial charge in [0, 0.05) is 44.6 Å². The van der Waals surface area contributed by atoms with Crippen LogP contribution >= 0.6 is 0 Å². The van der Waals surface area contributed by atoms with Crippen LogP contribution in [0, 0.1) is 6.33 Å². The van der Waals surface area contributed by atoms with Gasteiger partial charge in [0.1, 0.15) is 28.5 Å². The van der Waals surface area contributed by atoms with Gasteiger partial charge in [-0.05, 0) is 158 Å². The fourth-order valence-corrected chi connectivity index (χ4v) is 13.9. The first-order valence-corrected chi connectivity index (χ1v) is 30.0. The number of furan rings is 1. The Balaban J connectivity index is 0.928. The van der Waals surface area contributed by atoms with Crippen molar-refractivity contribution in [2.75, 3.05) is 0 Å². The summed E-state index contributed by atoms with van der Waals surface area (Å²) in [7, 11) is 0. The molecule has 0 unspecified atom stereocenters. The van der Waals surface area contributed by atoms with E-state index in [2.05, 4.69) is 227 Å². The smallest absolute Gasteiger partial charge is 0.269 e. The minimum absolute atomic E-state index is 0.0850. The maximum Gasteiger partial charge on any atom is 0.269 e. The number of imidazole rings is 1. The number of nitrogens with zero attached hydrogens (tertiary/aromatic N) is 5. The van der Waals surface area contributed by atoms with Gasteiger partial charge in [-0.25, -0.2) is 4.98 Å². The maximum atomic E-state index is 9.53. The summed E-state index contributed by atoms with van der Waals surface area (Å²) in [6.07, 6.45) is 5.95. The first-order chi connectivity index (χ1) is 45.8. The Morgan fingerprint density at radius 2 is 1.09 bits per heavy atom. The number of benzene rings is 12. The summed E-state index contributed by atoms with van der Waals surface area (Å²) in [5, 5.41) is 6.42. The molecule has 0 spiro atoms. The summed E-state index contributed by atoms with van der Waals surface area (Å²) in [4.78, 5) is 4.96. The first-order valence-electron chi connectivity index (χ1n) is 32.5. The van der Waals surface area contributed by atoms with Crippen molar-refractivity contribution in [1.29, 1.82) is 0 Å². The van der Waals surface area contributed by atoms with Crippen LogP contribution in [0.1, 0.15) is 33.2 Å². The number of rotatable bonds is 7. The lowest BCUT2D eigenvalue weighted by molar-refractivity contribution is -0.571. The monoisotopic (exact) mass is 1150 g/mol. The van der Waals surface area contributed by atoms with Crippen LogP contribution in [0.4, 0.5) is 0 Å². The highest BCUT2D eigenvalue weighted by Crippen LogP contribution is 2.50. The standard InChI is InChI=1S/C82H55N5O2/c1-82(2,3)54-42-43-83-78(47-54)87-72-35-15-11-27-62(72)63-40-39-57(49-74(63)87)88-56-23-17-22-55(48-56)84-50-85-80-67(32-19-36-73(80)86-70-33-13-9-25-60(70)61-26-10-14-34-71(61)86)66-31-18-30-58(51-20-5-4-6-21-51)79(66)65-29-8-7-24-59(65)69-45-53(46-75(84)81(69)85)52-38-41-77-68(44-52)64-28-12-16-37-76(64)89-77/h4-49H,1-3H3/i4D,5D,6D,20D,21D. The Labute approximate surface area is 520 Å². The molecule has 0 atom stereocenters. The molecule has 1 aliphatic rings. The summed E-state index contributed by atoms with van der Waals surface area (Å²) >= 11 is 0. The molecule has 5 aromatic heterocycles. The molecule has 0 amide bonds. The molecule has 0 radical (unpaired) electrons. The largest absolute Gasteiger partial charge is 0.458 e. The molecule has 18 rings (SSSR count). The van der Waals surface area contributed by atoms with E-state index in [0.717, 1.165) is 144 Å². The Bertz CT molecular complexity index is 6020. The van der Waals surface area contributed by atoms with Gasteiger partial charge in [0.25, 0.3) is 6.33 Å². The van der Waals surface area contributed by atoms with Crippen LogP contribution in [0.15, 0.2) is 283 Å². The van der Waals surface area contributed by atoms with Crippen molar-refractivity contribution in [3.05, 3.63) is 291 Å². The van der Waals surface area contributed by atoms with Crippen molar-refractivity contribution < 1.29 is 20.6 Å². The molecular formula is C82H55N5O2. The third-order valence-electron chi connectivity index (χ3n) is 17.9. The van der Waals surface area contributed by atoms with Gasteiger partial charge in [0.05, 0.1) is 57.0 Å². The van der Waals surface area contributed by atoms with Crippen LogP contribution in [0.2, 0.25) is 0 Å². The lowest BCUT2D eigenvalue weighted by Gasteiger charge is -2.21. The van der Waals surface area contributed by atoms with Crippen molar-refractivity contribution in [3.63, 3.8) is 0 Å². The molecule has 0 saturated carbocycles. The Morgan fingerprint density at radius 3 is 1.88 bits per heavy atom. The van der Waals surface area contributed by atoms with E-state index in [-0.39, 0.29) is 23.1 Å². The van der Waals surface area contributed by atoms with Crippen LogP contribution in [0.5, 0.6) is 11.5 Å². The van der Waals surface area contributed by atoms with Crippen LogP contribution in [0.25, 0.3) is 155 Å². The maximum absolute atomic E-state index is 9.53. The zero-order chi connectivity index (χ0) is 63.4. The summed E-state index contributed by atoms with van der Waals surface area (Å²) in [5.41, 5.74) is 18.3. The number of hydrogen-bond acceptors (Lipinski definition) is 3. The summed E-state index contributed by atoms with van der Waals surface area (Å²) in [5.74, 6) is 2.12. The number of ether oxygens (including phenoxy) is 1. The molecule has 0 fully saturated rings. The van der Waals surface area contributed by atoms with Crippen molar-refractivity contribution in [2.45, 2.75) is 26.2 Å². The minimum Gasteiger partial charge on any atom is -0.458 e. The number of fused-ring (bicyclic) bond motifs is 16. The Kier molecular flexibility index (Phi) is 10.0. The van der Waals surface area contributed by atoms with Crippen LogP contribution < -0.4 is 9.30 Å². The van der Waals surface area contributed by atoms with E-state index in [9.17, 15) is 2.74 Å². The first kappa shape index (κ1) is 45.8. The van der Waals surface area contributed by atoms with Crippen LogP contribution in [-0.4, -0.2) is 18.7 Å². The fraction of sp³-hybridized carbons (Fsp3) is 0.0488. The highest BCUT2D eigenvalue weighted by molar-refractivity contribution is 6.12. The topological polar surface area (TPSA) is 53.9 Å². The number of hydrogen-bond donors (Lipinski definition) is 0. The average molecular weight is 1150 g/mol. The SMILES string of the molecule is [2H]c1c([2H])c([2H])c(-c2cccc3c2-c2ccccc2-c2cc(-c4ccc5oc6ccccc6c5c4)cc4c2[n+]([c-]n4-c2cccc(Oc4ccc5c6ccccc6n(-c6cc(C(C)(C)C)ccn6)c5c4)c2)-c2c-3cccc2-n2c3ccccc3c3ccccc32)c([2H])c1[2H]. The molecule has 12 aromatic carbocycles. The van der Waals surface area contributed by atoms with Gasteiger partial charge < -0.3 is 13.7 Å². The normalized spacial score (nSPS) is 13.0. The summed E-state index contributed by atoms with van der Waals surface area (Å²) < 4.78 is 68.2. The lowest BCUT2D eigenvalue weighted by Crippen LogP contribution is -2.32. The van der Waals surface area contributed by atoms with Crippen molar-refractivity contribution >= 4 is 76.6 Å². The van der Waals surface area contributed by atoms with E-state index < -0.39 is 18.1 Å². The van der Waals surface area contributed by atoms with E-state index >= 15 is 0 Å². The van der Waals surface area contributed by atoms with Crippen molar-refractivity contribution in [1.82, 2.24) is 18.7 Å². The van der Waals surface area contributed by atoms with E-state index in [4.69, 9.17) is 18.3 Å². The number of para-hydroxylation sites is 5. The Hall–Kier alpha value is -11.5. The quantitative estimate of drug-likeness (QED) is 0.118. The molecule has 17 aromatic rings. The minimum atomic E-state index is -0.450. The van der Waals surface area contributed by atoms with Crippen LogP contribution in [0.3, 0.4) is 0 Å². The van der Waals surface area contributed by atoms with Gasteiger partial charge in [-0.2, -0.15) is 0 Å². The van der Waals surface area contributed by atoms with Crippen molar-refractivity contribution in [2.24, 2.45) is 0 Å². The predicted molar refractivity (Wildman–Crippen MR) is 363 cm³/mol. The Morgan fingerprint density at radius 1 is 0.449 bits per heavy atom. The molecular weight excluding hydrogens is 1090 g/mol. The molecule has 0 aliphatic carbocycles. The molecule has 0 N–H and O–H groups in total. The number of aromatic nitrogens is 5. The molecule has 0 bridgehead atoms. The predicted octanol–water partition coefficient (Wildman–Crippen LogP) is 20.9. The highest BCUT2D eigenvalue weighted by Gasteiger charge is 2.30. The zero-order valence-corrected chi connectivity index (χ0v) is 48.7. The third kappa shape index (κ3) is 7.91. The molecule has 7 nitrogen and oxygen atoms in total. The van der Waals surface area contributed by atoms with Gasteiger partial charge in [-0.1, -0.05) is 197 Å². The number of pyridine rings is 1. The van der Waals surface area contributed by atoms with Crippen LogP contribution in [-0.2, 0) is 5.41 Å². The lowest BCUT2D eigenvalue weighted by atomic mass is 9.84. The molecule has 89 heavy (non-hydrogen) atoms. The van der Waals surface area contributed by atoms with Gasteiger partial charge >= 0.3 is 0 Å². The van der Waals surface area contributed by atoms with Crippen molar-refractivity contribution in [3.8, 4) is 90.0 Å². The average Bonchev–Trinajstić information content (AvgIpc) is 1.51. The second-order valence-corrected chi connectivity index (χ2v) is 24.1. The second kappa shape index (κ2) is 19.5. The molecule has 0 saturated heterocycles. The zero-order valence-electron chi connectivity index (χ0n) is 53.7. The molecule has 1 aliphatic heterocycles. The summed E-state index contributed by atoms with van der Waals surface area (Å²) in [6, 6.07) is 82.1. The summed E-state index contributed by atoms with van der Waals surface area (Å²) in [6.45, 7) is 6.67. The van der Waals surface area contributed by atoms with E-state index in [1.54, 1.807) is 0 Å². The van der Waals surface area contributed by atoms with E-state index in [1.165, 1.54) is 5.56 Å². The van der Waals surface area contributed by atoms with Gasteiger partial charge in [-0.15, -0.1) is 0 Å². The van der Waals surface area contributed by atoms with Gasteiger partial charge in [0.2, 0.25) is 0 Å². The van der Waals surface area contributed by atoms with Gasteiger partial charge in [0.15, 0.2) is 0 Å². The second-order valence-electron chi connectivity index (χ2n) is 24.1.